The molecule has 0 aliphatic carbocycles. The molecule has 96 valence electrons. The third-order valence-corrected chi connectivity index (χ3v) is 4.42. The van der Waals surface area contributed by atoms with Gasteiger partial charge in [0.25, 0.3) is 0 Å². The second kappa shape index (κ2) is 5.03. The highest BCUT2D eigenvalue weighted by atomic mass is 32.2. The molecule has 0 saturated heterocycles. The summed E-state index contributed by atoms with van der Waals surface area (Å²) in [6, 6.07) is 2.82. The molecule has 1 unspecified atom stereocenters. The third-order valence-electron chi connectivity index (χ3n) is 2.54. The summed E-state index contributed by atoms with van der Waals surface area (Å²) in [6.07, 6.45) is 0. The van der Waals surface area contributed by atoms with Crippen LogP contribution in [0, 0.1) is 13.8 Å². The first kappa shape index (κ1) is 14.0. The number of hydrogen-bond donors (Lipinski definition) is 3. The fourth-order valence-electron chi connectivity index (χ4n) is 1.62. The van der Waals surface area contributed by atoms with Crippen molar-refractivity contribution in [3.05, 3.63) is 23.3 Å². The van der Waals surface area contributed by atoms with Crippen molar-refractivity contribution < 1.29 is 13.5 Å². The lowest BCUT2D eigenvalue weighted by Crippen LogP contribution is -2.35. The van der Waals surface area contributed by atoms with E-state index in [0.717, 1.165) is 0 Å². The molecule has 0 radical (unpaired) electrons. The van der Waals surface area contributed by atoms with Gasteiger partial charge in [-0.3, -0.25) is 0 Å². The summed E-state index contributed by atoms with van der Waals surface area (Å²) < 4.78 is 26.6. The summed E-state index contributed by atoms with van der Waals surface area (Å²) in [5.74, 6) is 0. The Balaban J connectivity index is 3.29. The molecule has 1 atom stereocenters. The average Bonchev–Trinajstić information content (AvgIpc) is 2.23. The van der Waals surface area contributed by atoms with E-state index in [1.165, 1.54) is 0 Å². The Morgan fingerprint density at radius 1 is 1.41 bits per heavy atom. The summed E-state index contributed by atoms with van der Waals surface area (Å²) in [4.78, 5) is 0.192. The van der Waals surface area contributed by atoms with Crippen molar-refractivity contribution >= 4 is 15.7 Å². The van der Waals surface area contributed by atoms with Crippen LogP contribution in [-0.4, -0.2) is 26.2 Å². The number of nitrogen functional groups attached to an aromatic ring is 1. The molecule has 0 aliphatic heterocycles. The summed E-state index contributed by atoms with van der Waals surface area (Å²) in [7, 11) is -3.65. The molecule has 17 heavy (non-hydrogen) atoms. The second-order valence-electron chi connectivity index (χ2n) is 4.13. The van der Waals surface area contributed by atoms with Gasteiger partial charge in [-0.2, -0.15) is 0 Å². The van der Waals surface area contributed by atoms with Gasteiger partial charge in [-0.15, -0.1) is 0 Å². The smallest absolute Gasteiger partial charge is 0.241 e. The number of nitrogens with two attached hydrogens (primary N) is 1. The van der Waals surface area contributed by atoms with Gasteiger partial charge >= 0.3 is 0 Å². The van der Waals surface area contributed by atoms with Gasteiger partial charge in [0.15, 0.2) is 0 Å². The Kier molecular flexibility index (Phi) is 4.13. The number of anilines is 1. The molecule has 0 saturated carbocycles. The number of sulfonamides is 1. The Morgan fingerprint density at radius 3 is 2.53 bits per heavy atom. The SMILES string of the molecule is Cc1ccc(N)c(C)c1S(=O)(=O)NC(C)CO. The van der Waals surface area contributed by atoms with Crippen molar-refractivity contribution in [1.82, 2.24) is 4.72 Å². The van der Waals surface area contributed by atoms with Gasteiger partial charge < -0.3 is 10.8 Å². The van der Waals surface area contributed by atoms with Crippen LogP contribution in [0.25, 0.3) is 0 Å². The van der Waals surface area contributed by atoms with Crippen LogP contribution in [0.15, 0.2) is 17.0 Å². The summed E-state index contributed by atoms with van der Waals surface area (Å²) in [6.45, 7) is 4.72. The molecule has 0 spiro atoms. The minimum Gasteiger partial charge on any atom is -0.398 e. The maximum absolute atomic E-state index is 12.1. The highest BCUT2D eigenvalue weighted by Gasteiger charge is 2.22. The molecule has 0 amide bonds. The Bertz CT molecular complexity index is 512. The van der Waals surface area contributed by atoms with Crippen molar-refractivity contribution in [3.63, 3.8) is 0 Å². The first-order valence-corrected chi connectivity index (χ1v) is 6.76. The van der Waals surface area contributed by atoms with E-state index in [4.69, 9.17) is 10.8 Å². The number of aliphatic hydroxyl groups excluding tert-OH is 1. The quantitative estimate of drug-likeness (QED) is 0.687. The van der Waals surface area contributed by atoms with Crippen LogP contribution in [0.1, 0.15) is 18.1 Å². The highest BCUT2D eigenvalue weighted by molar-refractivity contribution is 7.89. The number of hydrogen-bond acceptors (Lipinski definition) is 4. The molecular formula is C11H18N2O3S. The van der Waals surface area contributed by atoms with Crippen LogP contribution in [0.4, 0.5) is 5.69 Å². The molecule has 4 N–H and O–H groups in total. The lowest BCUT2D eigenvalue weighted by molar-refractivity contribution is 0.265. The third kappa shape index (κ3) is 2.96. The Labute approximate surface area is 102 Å². The normalized spacial score (nSPS) is 13.6. The number of nitrogens with one attached hydrogen (secondary N) is 1. The second-order valence-corrected chi connectivity index (χ2v) is 5.78. The highest BCUT2D eigenvalue weighted by Crippen LogP contribution is 2.24. The number of rotatable bonds is 4. The number of aliphatic hydroxyl groups is 1. The van der Waals surface area contributed by atoms with E-state index in [9.17, 15) is 8.42 Å². The molecule has 5 nitrogen and oxygen atoms in total. The van der Waals surface area contributed by atoms with Crippen LogP contribution in [0.3, 0.4) is 0 Å². The van der Waals surface area contributed by atoms with E-state index in [-0.39, 0.29) is 11.5 Å². The van der Waals surface area contributed by atoms with Crippen LogP contribution in [0.5, 0.6) is 0 Å². The summed E-state index contributed by atoms with van der Waals surface area (Å²) >= 11 is 0. The molecule has 1 aromatic rings. The molecule has 0 fully saturated rings. The topological polar surface area (TPSA) is 92.4 Å². The Hall–Kier alpha value is -1.11. The standard InChI is InChI=1S/C11H18N2O3S/c1-7-4-5-10(12)9(3)11(7)17(15,16)13-8(2)6-14/h4-5,8,13-14H,6,12H2,1-3H3. The van der Waals surface area contributed by atoms with E-state index in [1.807, 2.05) is 0 Å². The van der Waals surface area contributed by atoms with E-state index >= 15 is 0 Å². The van der Waals surface area contributed by atoms with Gasteiger partial charge in [0.05, 0.1) is 11.5 Å². The molecule has 0 heterocycles. The summed E-state index contributed by atoms with van der Waals surface area (Å²) in [5, 5.41) is 8.89. The first-order valence-electron chi connectivity index (χ1n) is 5.28. The number of aryl methyl sites for hydroxylation is 1. The largest absolute Gasteiger partial charge is 0.398 e. The van der Waals surface area contributed by atoms with E-state index in [1.54, 1.807) is 32.9 Å². The zero-order valence-electron chi connectivity index (χ0n) is 10.2. The lowest BCUT2D eigenvalue weighted by atomic mass is 10.1. The van der Waals surface area contributed by atoms with E-state index < -0.39 is 16.1 Å². The van der Waals surface area contributed by atoms with Crippen molar-refractivity contribution in [1.29, 1.82) is 0 Å². The number of benzene rings is 1. The average molecular weight is 258 g/mol. The fraction of sp³-hybridized carbons (Fsp3) is 0.455. The Morgan fingerprint density at radius 2 is 2.00 bits per heavy atom. The van der Waals surface area contributed by atoms with E-state index in [2.05, 4.69) is 4.72 Å². The van der Waals surface area contributed by atoms with E-state index in [0.29, 0.717) is 16.8 Å². The minimum absolute atomic E-state index is 0.192. The first-order chi connectivity index (χ1) is 7.79. The monoisotopic (exact) mass is 258 g/mol. The van der Waals surface area contributed by atoms with Gasteiger partial charge in [-0.05, 0) is 38.0 Å². The van der Waals surface area contributed by atoms with Crippen molar-refractivity contribution in [2.45, 2.75) is 31.7 Å². The maximum atomic E-state index is 12.1. The van der Waals surface area contributed by atoms with Gasteiger partial charge in [0, 0.05) is 11.7 Å². The molecule has 6 heteroatoms. The van der Waals surface area contributed by atoms with Crippen LogP contribution in [0.2, 0.25) is 0 Å². The maximum Gasteiger partial charge on any atom is 0.241 e. The van der Waals surface area contributed by atoms with Gasteiger partial charge in [-0.1, -0.05) is 6.07 Å². The van der Waals surface area contributed by atoms with Gasteiger partial charge in [0.2, 0.25) is 10.0 Å². The van der Waals surface area contributed by atoms with Gasteiger partial charge in [0.1, 0.15) is 0 Å². The van der Waals surface area contributed by atoms with Crippen molar-refractivity contribution in [2.75, 3.05) is 12.3 Å². The van der Waals surface area contributed by atoms with Gasteiger partial charge in [-0.25, -0.2) is 13.1 Å². The zero-order valence-corrected chi connectivity index (χ0v) is 11.0. The summed E-state index contributed by atoms with van der Waals surface area (Å²) in [5.41, 5.74) is 7.31. The van der Waals surface area contributed by atoms with Crippen LogP contribution >= 0.6 is 0 Å². The molecule has 0 aliphatic rings. The molecule has 1 aromatic carbocycles. The molecule has 1 rings (SSSR count). The van der Waals surface area contributed by atoms with Crippen LogP contribution < -0.4 is 10.5 Å². The predicted molar refractivity (Wildman–Crippen MR) is 67.2 cm³/mol. The minimum atomic E-state index is -3.65. The molecule has 0 bridgehead atoms. The lowest BCUT2D eigenvalue weighted by Gasteiger charge is -2.16. The zero-order chi connectivity index (χ0) is 13.2. The predicted octanol–water partition coefficient (Wildman–Crippen LogP) is 0.545. The fourth-order valence-corrected chi connectivity index (χ4v) is 3.35. The van der Waals surface area contributed by atoms with Crippen LogP contribution in [-0.2, 0) is 10.0 Å². The molecule has 0 aromatic heterocycles. The van der Waals surface area contributed by atoms with Crippen molar-refractivity contribution in [2.24, 2.45) is 0 Å². The molecular weight excluding hydrogens is 240 g/mol. The van der Waals surface area contributed by atoms with Crippen molar-refractivity contribution in [3.8, 4) is 0 Å².